The van der Waals surface area contributed by atoms with Gasteiger partial charge in [-0.1, -0.05) is 29.8 Å². The number of rotatable bonds is 8. The average Bonchev–Trinajstić information content (AvgIpc) is 2.60. The zero-order valence-electron chi connectivity index (χ0n) is 14.2. The Morgan fingerprint density at radius 1 is 1.12 bits per heavy atom. The van der Waals surface area contributed by atoms with Crippen LogP contribution in [0.1, 0.15) is 18.1 Å². The van der Waals surface area contributed by atoms with Crippen molar-refractivity contribution in [1.82, 2.24) is 5.32 Å². The van der Waals surface area contributed by atoms with Crippen molar-refractivity contribution in [2.45, 2.75) is 26.5 Å². The Kier molecular flexibility index (Phi) is 6.39. The molecule has 0 bridgehead atoms. The molecule has 25 heavy (non-hydrogen) atoms. The number of carbonyl (C=O) groups is 2. The standard InChI is InChI=1S/C19H21NO5/c1-13-6-8-16(9-7-13)25-14(2)19(23)20-11-15-4-3-5-17(10-15)24-12-18(21)22/h3-10,14H,11-12H2,1-2H3,(H,20,23)(H,21,22). The molecule has 0 radical (unpaired) electrons. The summed E-state index contributed by atoms with van der Waals surface area (Å²) >= 11 is 0. The van der Waals surface area contributed by atoms with Gasteiger partial charge in [-0.15, -0.1) is 0 Å². The van der Waals surface area contributed by atoms with Gasteiger partial charge in [0.1, 0.15) is 11.5 Å². The van der Waals surface area contributed by atoms with Crippen LogP contribution in [0.3, 0.4) is 0 Å². The summed E-state index contributed by atoms with van der Waals surface area (Å²) in [6, 6.07) is 14.4. The van der Waals surface area contributed by atoms with Crippen molar-refractivity contribution in [2.24, 2.45) is 0 Å². The second-order valence-electron chi connectivity index (χ2n) is 5.62. The molecule has 0 aromatic heterocycles. The Bertz CT molecular complexity index is 727. The first-order valence-electron chi connectivity index (χ1n) is 7.88. The Balaban J connectivity index is 1.85. The number of nitrogens with one attached hydrogen (secondary N) is 1. The maximum Gasteiger partial charge on any atom is 0.341 e. The Hall–Kier alpha value is -3.02. The lowest BCUT2D eigenvalue weighted by Crippen LogP contribution is -2.35. The van der Waals surface area contributed by atoms with E-state index in [1.165, 1.54) is 0 Å². The fourth-order valence-corrected chi connectivity index (χ4v) is 2.10. The molecule has 0 fully saturated rings. The highest BCUT2D eigenvalue weighted by Gasteiger charge is 2.14. The smallest absolute Gasteiger partial charge is 0.341 e. The molecule has 0 aliphatic carbocycles. The number of aliphatic carboxylic acids is 1. The molecule has 2 aromatic carbocycles. The second kappa shape index (κ2) is 8.73. The van der Waals surface area contributed by atoms with Crippen LogP contribution < -0.4 is 14.8 Å². The first-order chi connectivity index (χ1) is 11.9. The van der Waals surface area contributed by atoms with Crippen LogP contribution in [-0.4, -0.2) is 29.7 Å². The minimum Gasteiger partial charge on any atom is -0.482 e. The normalized spacial score (nSPS) is 11.4. The molecular formula is C19H21NO5. The highest BCUT2D eigenvalue weighted by atomic mass is 16.5. The van der Waals surface area contributed by atoms with E-state index in [0.717, 1.165) is 11.1 Å². The van der Waals surface area contributed by atoms with E-state index in [4.69, 9.17) is 14.6 Å². The molecule has 2 aromatic rings. The molecule has 1 unspecified atom stereocenters. The van der Waals surface area contributed by atoms with E-state index in [1.54, 1.807) is 25.1 Å². The third-order valence-corrected chi connectivity index (χ3v) is 3.43. The monoisotopic (exact) mass is 343 g/mol. The number of carboxylic acid groups (broad SMARTS) is 1. The lowest BCUT2D eigenvalue weighted by Gasteiger charge is -2.15. The van der Waals surface area contributed by atoms with Gasteiger partial charge in [0.2, 0.25) is 0 Å². The SMILES string of the molecule is Cc1ccc(OC(C)C(=O)NCc2cccc(OCC(=O)O)c2)cc1. The van der Waals surface area contributed by atoms with E-state index in [9.17, 15) is 9.59 Å². The van der Waals surface area contributed by atoms with Gasteiger partial charge in [0, 0.05) is 6.54 Å². The van der Waals surface area contributed by atoms with Gasteiger partial charge in [0.15, 0.2) is 12.7 Å². The summed E-state index contributed by atoms with van der Waals surface area (Å²) in [5, 5.41) is 11.4. The van der Waals surface area contributed by atoms with Crippen LogP contribution in [0.25, 0.3) is 0 Å². The van der Waals surface area contributed by atoms with Crippen molar-refractivity contribution in [1.29, 1.82) is 0 Å². The van der Waals surface area contributed by atoms with Crippen molar-refractivity contribution in [2.75, 3.05) is 6.61 Å². The van der Waals surface area contributed by atoms with Crippen LogP contribution in [0, 0.1) is 6.92 Å². The van der Waals surface area contributed by atoms with Crippen molar-refractivity contribution >= 4 is 11.9 Å². The molecule has 0 saturated heterocycles. The van der Waals surface area contributed by atoms with E-state index in [2.05, 4.69) is 5.32 Å². The molecule has 132 valence electrons. The van der Waals surface area contributed by atoms with Crippen LogP contribution in [0.2, 0.25) is 0 Å². The van der Waals surface area contributed by atoms with Crippen molar-refractivity contribution in [3.8, 4) is 11.5 Å². The van der Waals surface area contributed by atoms with Crippen LogP contribution in [0.15, 0.2) is 48.5 Å². The van der Waals surface area contributed by atoms with Crippen LogP contribution >= 0.6 is 0 Å². The molecule has 0 heterocycles. The number of hydrogen-bond donors (Lipinski definition) is 2. The third-order valence-electron chi connectivity index (χ3n) is 3.43. The van der Waals surface area contributed by atoms with Gasteiger partial charge in [-0.05, 0) is 43.7 Å². The number of carboxylic acids is 1. The Labute approximate surface area is 146 Å². The summed E-state index contributed by atoms with van der Waals surface area (Å²) in [6.07, 6.45) is -0.630. The number of amides is 1. The number of ether oxygens (including phenoxy) is 2. The summed E-state index contributed by atoms with van der Waals surface area (Å²) in [7, 11) is 0. The molecule has 0 aliphatic rings. The van der Waals surface area contributed by atoms with Crippen molar-refractivity contribution < 1.29 is 24.2 Å². The van der Waals surface area contributed by atoms with Gasteiger partial charge in [-0.2, -0.15) is 0 Å². The second-order valence-corrected chi connectivity index (χ2v) is 5.62. The van der Waals surface area contributed by atoms with E-state index in [1.807, 2.05) is 37.3 Å². The minimum atomic E-state index is -1.04. The molecule has 0 spiro atoms. The predicted octanol–water partition coefficient (Wildman–Crippen LogP) is 2.54. The fraction of sp³-hybridized carbons (Fsp3) is 0.263. The van der Waals surface area contributed by atoms with E-state index >= 15 is 0 Å². The quantitative estimate of drug-likeness (QED) is 0.769. The van der Waals surface area contributed by atoms with Crippen LogP contribution in [0.5, 0.6) is 11.5 Å². The maximum absolute atomic E-state index is 12.1. The molecule has 6 heteroatoms. The van der Waals surface area contributed by atoms with Gasteiger partial charge >= 0.3 is 5.97 Å². The van der Waals surface area contributed by atoms with Crippen molar-refractivity contribution in [3.05, 3.63) is 59.7 Å². The van der Waals surface area contributed by atoms with E-state index < -0.39 is 18.7 Å². The first-order valence-corrected chi connectivity index (χ1v) is 7.88. The fourth-order valence-electron chi connectivity index (χ4n) is 2.10. The molecule has 2 rings (SSSR count). The Morgan fingerprint density at radius 3 is 2.52 bits per heavy atom. The molecule has 1 atom stereocenters. The largest absolute Gasteiger partial charge is 0.482 e. The number of benzene rings is 2. The molecule has 1 amide bonds. The van der Waals surface area contributed by atoms with Crippen LogP contribution in [0.4, 0.5) is 0 Å². The third kappa shape index (κ3) is 6.18. The summed E-state index contributed by atoms with van der Waals surface area (Å²) < 4.78 is 10.7. The summed E-state index contributed by atoms with van der Waals surface area (Å²) in [4.78, 5) is 22.7. The Morgan fingerprint density at radius 2 is 1.84 bits per heavy atom. The van der Waals surface area contributed by atoms with E-state index in [0.29, 0.717) is 18.0 Å². The lowest BCUT2D eigenvalue weighted by molar-refractivity contribution is -0.139. The van der Waals surface area contributed by atoms with Crippen LogP contribution in [-0.2, 0) is 16.1 Å². The number of aryl methyl sites for hydroxylation is 1. The number of hydrogen-bond acceptors (Lipinski definition) is 4. The summed E-state index contributed by atoms with van der Waals surface area (Å²) in [5.41, 5.74) is 1.92. The highest BCUT2D eigenvalue weighted by molar-refractivity contribution is 5.80. The zero-order valence-corrected chi connectivity index (χ0v) is 14.2. The summed E-state index contributed by atoms with van der Waals surface area (Å²) in [6.45, 7) is 3.55. The van der Waals surface area contributed by atoms with Gasteiger partial charge in [-0.3, -0.25) is 4.79 Å². The predicted molar refractivity (Wildman–Crippen MR) is 92.7 cm³/mol. The molecular weight excluding hydrogens is 322 g/mol. The molecule has 0 aliphatic heterocycles. The maximum atomic E-state index is 12.1. The highest BCUT2D eigenvalue weighted by Crippen LogP contribution is 2.15. The molecule has 0 saturated carbocycles. The zero-order chi connectivity index (χ0) is 18.2. The number of carbonyl (C=O) groups excluding carboxylic acids is 1. The van der Waals surface area contributed by atoms with Gasteiger partial charge < -0.3 is 19.9 Å². The minimum absolute atomic E-state index is 0.238. The molecule has 2 N–H and O–H groups in total. The average molecular weight is 343 g/mol. The van der Waals surface area contributed by atoms with Gasteiger partial charge in [0.25, 0.3) is 5.91 Å². The van der Waals surface area contributed by atoms with Crippen molar-refractivity contribution in [3.63, 3.8) is 0 Å². The lowest BCUT2D eigenvalue weighted by atomic mass is 10.2. The topological polar surface area (TPSA) is 84.9 Å². The first kappa shape index (κ1) is 18.3. The van der Waals surface area contributed by atoms with Gasteiger partial charge in [-0.25, -0.2) is 4.79 Å². The molecule has 6 nitrogen and oxygen atoms in total. The summed E-state index contributed by atoms with van der Waals surface area (Å²) in [5.74, 6) is -0.200. The van der Waals surface area contributed by atoms with E-state index in [-0.39, 0.29) is 5.91 Å². The van der Waals surface area contributed by atoms with Gasteiger partial charge in [0.05, 0.1) is 0 Å².